The lowest BCUT2D eigenvalue weighted by Gasteiger charge is -2.22. The van der Waals surface area contributed by atoms with Crippen molar-refractivity contribution in [3.05, 3.63) is 46.9 Å². The average molecular weight is 524 g/mol. The topological polar surface area (TPSA) is 141 Å². The summed E-state index contributed by atoms with van der Waals surface area (Å²) in [4.78, 5) is 20.0. The molecule has 198 valence electrons. The molecule has 1 heterocycles. The zero-order chi connectivity index (χ0) is 27.2. The summed E-state index contributed by atoms with van der Waals surface area (Å²) in [6.45, 7) is 5.68. The molecular formula is C25H34FN3O6S. The maximum absolute atomic E-state index is 13.7. The summed E-state index contributed by atoms with van der Waals surface area (Å²) in [6.07, 6.45) is 0.832. The molecule has 1 aromatic heterocycles. The van der Waals surface area contributed by atoms with E-state index in [1.54, 1.807) is 6.08 Å². The number of halogens is 1. The molecule has 0 radical (unpaired) electrons. The van der Waals surface area contributed by atoms with Crippen molar-refractivity contribution in [1.29, 1.82) is 0 Å². The van der Waals surface area contributed by atoms with Crippen LogP contribution in [0.25, 0.3) is 17.3 Å². The summed E-state index contributed by atoms with van der Waals surface area (Å²) in [5, 5.41) is 29.9. The van der Waals surface area contributed by atoms with Crippen LogP contribution >= 0.6 is 0 Å². The lowest BCUT2D eigenvalue weighted by Crippen LogP contribution is -2.27. The van der Waals surface area contributed by atoms with E-state index in [4.69, 9.17) is 5.11 Å². The number of aliphatic hydroxyl groups is 2. The molecular weight excluding hydrogens is 489 g/mol. The molecule has 0 aliphatic carbocycles. The largest absolute Gasteiger partial charge is 0.481 e. The van der Waals surface area contributed by atoms with Gasteiger partial charge in [-0.3, -0.25) is 4.79 Å². The standard InChI is InChI=1S/C25H34FN3O6S/c1-6-7-17(21(31)13-19(30)14-22(32)33)12-20-23(15(2)3)27-25(29(4)36(5,34)35)28-24(20)16-8-10-18(26)11-9-16/h8-12,15,19,21,30-31H,6-7,13-14H2,1-5H3,(H,32,33)/b17-12+/t19-,21+/m1/s1. The fourth-order valence-corrected chi connectivity index (χ4v) is 4.06. The zero-order valence-corrected chi connectivity index (χ0v) is 22.0. The van der Waals surface area contributed by atoms with Crippen LogP contribution in [0.1, 0.15) is 63.6 Å². The van der Waals surface area contributed by atoms with Crippen LogP contribution in [-0.2, 0) is 14.8 Å². The molecule has 0 bridgehead atoms. The highest BCUT2D eigenvalue weighted by Gasteiger charge is 2.24. The molecule has 0 amide bonds. The quantitative estimate of drug-likeness (QED) is 0.383. The Morgan fingerprint density at radius 2 is 1.78 bits per heavy atom. The number of hydrogen-bond donors (Lipinski definition) is 3. The van der Waals surface area contributed by atoms with Gasteiger partial charge in [0.1, 0.15) is 5.82 Å². The van der Waals surface area contributed by atoms with Crippen molar-refractivity contribution in [2.24, 2.45) is 0 Å². The third-order valence-electron chi connectivity index (χ3n) is 5.61. The van der Waals surface area contributed by atoms with Gasteiger partial charge in [-0.15, -0.1) is 0 Å². The van der Waals surface area contributed by atoms with Crippen molar-refractivity contribution in [1.82, 2.24) is 9.97 Å². The van der Waals surface area contributed by atoms with Gasteiger partial charge in [0, 0.05) is 24.6 Å². The van der Waals surface area contributed by atoms with Crippen LogP contribution in [0.3, 0.4) is 0 Å². The lowest BCUT2D eigenvalue weighted by atomic mass is 9.92. The summed E-state index contributed by atoms with van der Waals surface area (Å²) in [7, 11) is -2.33. The Morgan fingerprint density at radius 3 is 2.28 bits per heavy atom. The number of aliphatic carboxylic acids is 1. The Bertz CT molecular complexity index is 1200. The van der Waals surface area contributed by atoms with Crippen LogP contribution in [-0.4, -0.2) is 65.2 Å². The number of rotatable bonds is 12. The van der Waals surface area contributed by atoms with Crippen LogP contribution in [0.15, 0.2) is 29.8 Å². The van der Waals surface area contributed by atoms with E-state index in [1.807, 2.05) is 20.8 Å². The number of carboxylic acid groups (broad SMARTS) is 1. The summed E-state index contributed by atoms with van der Waals surface area (Å²) >= 11 is 0. The van der Waals surface area contributed by atoms with E-state index in [9.17, 15) is 27.8 Å². The van der Waals surface area contributed by atoms with E-state index in [-0.39, 0.29) is 18.3 Å². The van der Waals surface area contributed by atoms with Crippen LogP contribution in [0.4, 0.5) is 10.3 Å². The normalized spacial score (nSPS) is 14.1. The highest BCUT2D eigenvalue weighted by molar-refractivity contribution is 7.92. The van der Waals surface area contributed by atoms with Gasteiger partial charge in [-0.1, -0.05) is 27.2 Å². The number of hydrogen-bond acceptors (Lipinski definition) is 7. The Kier molecular flexibility index (Phi) is 10.1. The van der Waals surface area contributed by atoms with Gasteiger partial charge < -0.3 is 15.3 Å². The molecule has 0 aliphatic heterocycles. The van der Waals surface area contributed by atoms with E-state index in [0.29, 0.717) is 40.9 Å². The molecule has 0 saturated heterocycles. The number of anilines is 1. The van der Waals surface area contributed by atoms with E-state index < -0.39 is 40.4 Å². The second kappa shape index (κ2) is 12.4. The predicted octanol–water partition coefficient (Wildman–Crippen LogP) is 3.57. The lowest BCUT2D eigenvalue weighted by molar-refractivity contribution is -0.139. The molecule has 9 nitrogen and oxygen atoms in total. The minimum absolute atomic E-state index is 0.0489. The van der Waals surface area contributed by atoms with E-state index in [2.05, 4.69) is 9.97 Å². The summed E-state index contributed by atoms with van der Waals surface area (Å²) in [5.74, 6) is -1.85. The Morgan fingerprint density at radius 1 is 1.17 bits per heavy atom. The number of nitrogens with zero attached hydrogens (tertiary/aromatic N) is 3. The Balaban J connectivity index is 2.78. The average Bonchev–Trinajstić information content (AvgIpc) is 2.77. The first-order valence-electron chi connectivity index (χ1n) is 11.6. The number of carboxylic acids is 1. The molecule has 0 unspecified atom stereocenters. The minimum Gasteiger partial charge on any atom is -0.481 e. The first-order chi connectivity index (χ1) is 16.7. The van der Waals surface area contributed by atoms with E-state index >= 15 is 0 Å². The van der Waals surface area contributed by atoms with Gasteiger partial charge in [0.15, 0.2) is 0 Å². The number of aliphatic hydroxyl groups excluding tert-OH is 2. The summed E-state index contributed by atoms with van der Waals surface area (Å²) in [6, 6.07) is 5.58. The van der Waals surface area contributed by atoms with Crippen molar-refractivity contribution in [2.45, 2.75) is 64.6 Å². The molecule has 2 rings (SSSR count). The first kappa shape index (κ1) is 29.3. The summed E-state index contributed by atoms with van der Waals surface area (Å²) < 4.78 is 39.0. The van der Waals surface area contributed by atoms with Crippen molar-refractivity contribution in [2.75, 3.05) is 17.6 Å². The molecule has 2 aromatic rings. The van der Waals surface area contributed by atoms with Crippen LogP contribution < -0.4 is 4.31 Å². The maximum Gasteiger partial charge on any atom is 0.305 e. The third-order valence-corrected chi connectivity index (χ3v) is 6.77. The van der Waals surface area contributed by atoms with Gasteiger partial charge in [-0.05, 0) is 48.3 Å². The fraction of sp³-hybridized carbons (Fsp3) is 0.480. The van der Waals surface area contributed by atoms with Crippen molar-refractivity contribution in [3.63, 3.8) is 0 Å². The highest BCUT2D eigenvalue weighted by atomic mass is 32.2. The van der Waals surface area contributed by atoms with Gasteiger partial charge >= 0.3 is 5.97 Å². The predicted molar refractivity (Wildman–Crippen MR) is 137 cm³/mol. The Labute approximate surface area is 211 Å². The van der Waals surface area contributed by atoms with Gasteiger partial charge in [0.2, 0.25) is 16.0 Å². The van der Waals surface area contributed by atoms with Crippen LogP contribution in [0, 0.1) is 5.82 Å². The molecule has 2 atom stereocenters. The molecule has 0 spiro atoms. The fourth-order valence-electron chi connectivity index (χ4n) is 3.68. The molecule has 3 N–H and O–H groups in total. The van der Waals surface area contributed by atoms with Crippen molar-refractivity contribution < 1.29 is 32.9 Å². The van der Waals surface area contributed by atoms with Gasteiger partial charge in [-0.2, -0.15) is 0 Å². The Hall–Kier alpha value is -2.89. The number of carbonyl (C=O) groups is 1. The molecule has 0 aliphatic rings. The monoisotopic (exact) mass is 523 g/mol. The van der Waals surface area contributed by atoms with E-state index in [1.165, 1.54) is 31.3 Å². The molecule has 0 saturated carbocycles. The third kappa shape index (κ3) is 7.81. The van der Waals surface area contributed by atoms with Crippen molar-refractivity contribution >= 4 is 28.0 Å². The van der Waals surface area contributed by atoms with Crippen LogP contribution in [0.2, 0.25) is 0 Å². The second-order valence-corrected chi connectivity index (χ2v) is 11.0. The van der Waals surface area contributed by atoms with Crippen molar-refractivity contribution in [3.8, 4) is 11.3 Å². The molecule has 0 fully saturated rings. The molecule has 1 aromatic carbocycles. The minimum atomic E-state index is -3.67. The maximum atomic E-state index is 13.7. The number of benzene rings is 1. The SMILES string of the molecule is CCC/C(=C\c1c(-c2ccc(F)cc2)nc(N(C)S(C)(=O)=O)nc1C(C)C)[C@@H](O)C[C@@H](O)CC(=O)O. The highest BCUT2D eigenvalue weighted by Crippen LogP contribution is 2.33. The van der Waals surface area contributed by atoms with Crippen LogP contribution in [0.5, 0.6) is 0 Å². The smallest absolute Gasteiger partial charge is 0.305 e. The zero-order valence-electron chi connectivity index (χ0n) is 21.1. The second-order valence-electron chi connectivity index (χ2n) is 9.04. The number of aromatic nitrogens is 2. The van der Waals surface area contributed by atoms with Gasteiger partial charge in [0.05, 0.1) is 36.3 Å². The van der Waals surface area contributed by atoms with E-state index in [0.717, 1.165) is 10.6 Å². The van der Waals surface area contributed by atoms with Gasteiger partial charge in [0.25, 0.3) is 0 Å². The number of sulfonamides is 1. The summed E-state index contributed by atoms with van der Waals surface area (Å²) in [5.41, 5.74) is 2.46. The van der Waals surface area contributed by atoms with Gasteiger partial charge in [-0.25, -0.2) is 27.1 Å². The molecule has 36 heavy (non-hydrogen) atoms. The molecule has 11 heteroatoms. The first-order valence-corrected chi connectivity index (χ1v) is 13.5.